The molecule has 0 aliphatic rings. The smallest absolute Gasteiger partial charge is 0.296 e. The van der Waals surface area contributed by atoms with Gasteiger partial charge in [-0.25, -0.2) is 4.98 Å². The lowest BCUT2D eigenvalue weighted by Gasteiger charge is -2.17. The van der Waals surface area contributed by atoms with E-state index in [0.717, 1.165) is 21.2 Å². The van der Waals surface area contributed by atoms with E-state index in [1.807, 2.05) is 49.4 Å². The second-order valence-electron chi connectivity index (χ2n) is 6.63. The third-order valence-corrected chi connectivity index (χ3v) is 6.20. The van der Waals surface area contributed by atoms with Gasteiger partial charge in [0, 0.05) is 10.4 Å². The van der Waals surface area contributed by atoms with Crippen LogP contribution in [0.15, 0.2) is 69.7 Å². The van der Waals surface area contributed by atoms with Gasteiger partial charge in [0.15, 0.2) is 10.9 Å². The van der Waals surface area contributed by atoms with Crippen molar-refractivity contribution in [1.82, 2.24) is 4.98 Å². The van der Waals surface area contributed by atoms with Gasteiger partial charge in [-0.05, 0) is 48.9 Å². The van der Waals surface area contributed by atoms with E-state index in [2.05, 4.69) is 0 Å². The number of aromatic nitrogens is 1. The number of hydrogen-bond acceptors (Lipinski definition) is 5. The lowest BCUT2D eigenvalue weighted by atomic mass is 10.2. The van der Waals surface area contributed by atoms with Crippen LogP contribution in [0, 0.1) is 6.92 Å². The summed E-state index contributed by atoms with van der Waals surface area (Å²) >= 11 is 7.68. The van der Waals surface area contributed by atoms with E-state index in [1.165, 1.54) is 11.3 Å². The number of fused-ring (bicyclic) bond motifs is 2. The molecule has 0 N–H and O–H groups in total. The molecule has 144 valence electrons. The van der Waals surface area contributed by atoms with Crippen LogP contribution < -0.4 is 4.90 Å². The number of furan rings is 2. The van der Waals surface area contributed by atoms with Gasteiger partial charge >= 0.3 is 0 Å². The summed E-state index contributed by atoms with van der Waals surface area (Å²) in [4.78, 5) is 19.7. The topological polar surface area (TPSA) is 59.5 Å². The molecule has 0 aliphatic carbocycles. The van der Waals surface area contributed by atoms with Crippen molar-refractivity contribution in [3.63, 3.8) is 0 Å². The fraction of sp³-hybridized carbons (Fsp3) is 0.0909. The van der Waals surface area contributed by atoms with Gasteiger partial charge in [-0.2, -0.15) is 0 Å². The molecule has 29 heavy (non-hydrogen) atoms. The van der Waals surface area contributed by atoms with Crippen molar-refractivity contribution in [1.29, 1.82) is 0 Å². The Morgan fingerprint density at radius 3 is 2.83 bits per heavy atom. The molecule has 0 atom stereocenters. The molecule has 0 fully saturated rings. The van der Waals surface area contributed by atoms with Crippen molar-refractivity contribution in [2.24, 2.45) is 0 Å². The summed E-state index contributed by atoms with van der Waals surface area (Å²) in [5.74, 6) is 0.635. The maximum absolute atomic E-state index is 13.4. The number of anilines is 1. The monoisotopic (exact) mass is 422 g/mol. The van der Waals surface area contributed by atoms with E-state index in [9.17, 15) is 4.79 Å². The maximum atomic E-state index is 13.4. The van der Waals surface area contributed by atoms with Crippen LogP contribution in [0.5, 0.6) is 0 Å². The molecule has 5 rings (SSSR count). The van der Waals surface area contributed by atoms with Crippen molar-refractivity contribution >= 4 is 55.2 Å². The number of nitrogens with zero attached hydrogens (tertiary/aromatic N) is 2. The molecule has 0 aliphatic heterocycles. The quantitative estimate of drug-likeness (QED) is 0.334. The first-order chi connectivity index (χ1) is 14.1. The fourth-order valence-electron chi connectivity index (χ4n) is 3.21. The van der Waals surface area contributed by atoms with E-state index in [1.54, 1.807) is 23.3 Å². The zero-order valence-electron chi connectivity index (χ0n) is 15.4. The molecule has 0 saturated heterocycles. The Labute approximate surface area is 175 Å². The summed E-state index contributed by atoms with van der Waals surface area (Å²) in [6.07, 6.45) is 1.58. The van der Waals surface area contributed by atoms with E-state index < -0.39 is 0 Å². The van der Waals surface area contributed by atoms with Crippen LogP contribution >= 0.6 is 22.9 Å². The molecule has 2 aromatic carbocycles. The Morgan fingerprint density at radius 1 is 1.17 bits per heavy atom. The van der Waals surface area contributed by atoms with Crippen molar-refractivity contribution in [2.75, 3.05) is 4.90 Å². The number of amides is 1. The van der Waals surface area contributed by atoms with Gasteiger partial charge in [0.2, 0.25) is 0 Å². The molecule has 7 heteroatoms. The molecule has 0 saturated carbocycles. The highest BCUT2D eigenvalue weighted by molar-refractivity contribution is 7.22. The molecular weight excluding hydrogens is 408 g/mol. The normalized spacial score (nSPS) is 11.4. The molecule has 1 amide bonds. The molecule has 0 unspecified atom stereocenters. The number of carbonyl (C=O) groups excluding carboxylic acids is 1. The number of aryl methyl sites for hydroxylation is 1. The lowest BCUT2D eigenvalue weighted by molar-refractivity contribution is 0.0958. The highest BCUT2D eigenvalue weighted by Crippen LogP contribution is 2.35. The Hall–Kier alpha value is -3.09. The third kappa shape index (κ3) is 3.20. The minimum atomic E-state index is -0.277. The molecule has 3 heterocycles. The van der Waals surface area contributed by atoms with E-state index in [-0.39, 0.29) is 18.2 Å². The number of benzene rings is 2. The standard InChI is InChI=1S/C22H15ClN2O3S/c1-13-16(23)8-9-19-20(13)24-22(29-19)25(12-15-6-4-10-27-15)21(26)18-11-14-5-2-3-7-17(14)28-18/h2-11H,12H2,1H3. The molecule has 5 aromatic rings. The van der Waals surface area contributed by atoms with Crippen LogP contribution in [-0.4, -0.2) is 10.9 Å². The van der Waals surface area contributed by atoms with Gasteiger partial charge in [0.25, 0.3) is 5.91 Å². The third-order valence-electron chi connectivity index (χ3n) is 4.74. The van der Waals surface area contributed by atoms with Crippen molar-refractivity contribution < 1.29 is 13.6 Å². The van der Waals surface area contributed by atoms with Gasteiger partial charge in [0.05, 0.1) is 23.0 Å². The first-order valence-corrected chi connectivity index (χ1v) is 10.2. The van der Waals surface area contributed by atoms with E-state index in [4.69, 9.17) is 25.4 Å². The number of carbonyl (C=O) groups is 1. The summed E-state index contributed by atoms with van der Waals surface area (Å²) in [5, 5.41) is 2.09. The summed E-state index contributed by atoms with van der Waals surface area (Å²) in [5.41, 5.74) is 2.35. The average Bonchev–Trinajstić information content (AvgIpc) is 3.47. The molecular formula is C22H15ClN2O3S. The average molecular weight is 423 g/mol. The van der Waals surface area contributed by atoms with Crippen molar-refractivity contribution in [3.8, 4) is 0 Å². The molecule has 0 spiro atoms. The SMILES string of the molecule is Cc1c(Cl)ccc2sc(N(Cc3ccco3)C(=O)c3cc4ccccc4o3)nc12. The zero-order chi connectivity index (χ0) is 20.0. The Balaban J connectivity index is 1.61. The Kier molecular flexibility index (Phi) is 4.38. The van der Waals surface area contributed by atoms with Gasteiger partial charge < -0.3 is 8.83 Å². The number of thiazole rings is 1. The van der Waals surface area contributed by atoms with Gasteiger partial charge in [-0.3, -0.25) is 9.69 Å². The first kappa shape index (κ1) is 18.0. The van der Waals surface area contributed by atoms with Crippen LogP contribution in [0.1, 0.15) is 21.9 Å². The summed E-state index contributed by atoms with van der Waals surface area (Å²) < 4.78 is 12.2. The number of para-hydroxylation sites is 1. The number of hydrogen-bond donors (Lipinski definition) is 0. The summed E-state index contributed by atoms with van der Waals surface area (Å²) in [6.45, 7) is 2.17. The maximum Gasteiger partial charge on any atom is 0.296 e. The van der Waals surface area contributed by atoms with Crippen LogP contribution in [-0.2, 0) is 6.54 Å². The van der Waals surface area contributed by atoms with Crippen molar-refractivity contribution in [2.45, 2.75) is 13.5 Å². The second kappa shape index (κ2) is 7.06. The summed E-state index contributed by atoms with van der Waals surface area (Å²) in [6, 6.07) is 16.7. The van der Waals surface area contributed by atoms with Gasteiger partial charge in [-0.15, -0.1) is 0 Å². The highest BCUT2D eigenvalue weighted by atomic mass is 35.5. The lowest BCUT2D eigenvalue weighted by Crippen LogP contribution is -2.29. The number of rotatable bonds is 4. The van der Waals surface area contributed by atoms with Crippen molar-refractivity contribution in [3.05, 3.63) is 83.0 Å². The fourth-order valence-corrected chi connectivity index (χ4v) is 4.38. The largest absolute Gasteiger partial charge is 0.467 e. The van der Waals surface area contributed by atoms with E-state index in [0.29, 0.717) is 21.5 Å². The molecule has 3 aromatic heterocycles. The van der Waals surface area contributed by atoms with Crippen LogP contribution in [0.2, 0.25) is 5.02 Å². The summed E-state index contributed by atoms with van der Waals surface area (Å²) in [7, 11) is 0. The van der Waals surface area contributed by atoms with Crippen LogP contribution in [0.4, 0.5) is 5.13 Å². The van der Waals surface area contributed by atoms with Gasteiger partial charge in [0.1, 0.15) is 11.3 Å². The second-order valence-corrected chi connectivity index (χ2v) is 8.05. The predicted molar refractivity (Wildman–Crippen MR) is 115 cm³/mol. The number of halogens is 1. The molecule has 0 radical (unpaired) electrons. The minimum absolute atomic E-state index is 0.246. The van der Waals surface area contributed by atoms with E-state index >= 15 is 0 Å². The molecule has 0 bridgehead atoms. The van der Waals surface area contributed by atoms with Crippen LogP contribution in [0.3, 0.4) is 0 Å². The van der Waals surface area contributed by atoms with Crippen LogP contribution in [0.25, 0.3) is 21.2 Å². The predicted octanol–water partition coefficient (Wildman–Crippen LogP) is 6.44. The first-order valence-electron chi connectivity index (χ1n) is 8.98. The highest BCUT2D eigenvalue weighted by Gasteiger charge is 2.26. The minimum Gasteiger partial charge on any atom is -0.467 e. The zero-order valence-corrected chi connectivity index (χ0v) is 17.0. The Morgan fingerprint density at radius 2 is 2.03 bits per heavy atom. The van der Waals surface area contributed by atoms with Gasteiger partial charge in [-0.1, -0.05) is 41.1 Å². The molecule has 5 nitrogen and oxygen atoms in total. The Bertz CT molecular complexity index is 1300.